The lowest BCUT2D eigenvalue weighted by Crippen LogP contribution is -2.34. The second kappa shape index (κ2) is 4.30. The van der Waals surface area contributed by atoms with E-state index in [4.69, 9.17) is 0 Å². The summed E-state index contributed by atoms with van der Waals surface area (Å²) in [7, 11) is 0. The van der Waals surface area contributed by atoms with Crippen LogP contribution < -0.4 is 4.90 Å². The summed E-state index contributed by atoms with van der Waals surface area (Å²) in [6.45, 7) is 0. The first kappa shape index (κ1) is 12.4. The number of para-hydroxylation sites is 3. The summed E-state index contributed by atoms with van der Waals surface area (Å²) < 4.78 is 2.35. The molecular formula is C22H16N2. The number of allylic oxidation sites excluding steroid dienone is 3. The summed E-state index contributed by atoms with van der Waals surface area (Å²) in [5, 5.41) is 0. The van der Waals surface area contributed by atoms with Crippen LogP contribution >= 0.6 is 0 Å². The van der Waals surface area contributed by atoms with E-state index in [-0.39, 0.29) is 6.04 Å². The molecule has 0 bridgehead atoms. The van der Waals surface area contributed by atoms with Gasteiger partial charge in [-0.3, -0.25) is 0 Å². The molecule has 3 heterocycles. The topological polar surface area (TPSA) is 8.17 Å². The van der Waals surface area contributed by atoms with Crippen LogP contribution in [0.2, 0.25) is 0 Å². The van der Waals surface area contributed by atoms with Crippen molar-refractivity contribution in [1.29, 1.82) is 0 Å². The van der Waals surface area contributed by atoms with Gasteiger partial charge in [-0.05, 0) is 47.9 Å². The van der Waals surface area contributed by atoms with E-state index in [1.807, 2.05) is 0 Å². The normalized spacial score (nSPS) is 19.5. The minimum absolute atomic E-state index is 0.287. The largest absolute Gasteiger partial charge is 0.326 e. The first-order valence-corrected chi connectivity index (χ1v) is 8.48. The monoisotopic (exact) mass is 308 g/mol. The van der Waals surface area contributed by atoms with Crippen molar-refractivity contribution < 1.29 is 0 Å². The van der Waals surface area contributed by atoms with Crippen LogP contribution in [0.4, 0.5) is 11.4 Å². The Balaban J connectivity index is 1.75. The van der Waals surface area contributed by atoms with Gasteiger partial charge in [0.05, 0.1) is 17.4 Å². The molecular weight excluding hydrogens is 292 g/mol. The molecule has 1 aliphatic carbocycles. The number of aromatic nitrogens is 1. The Bertz CT molecular complexity index is 1050. The summed E-state index contributed by atoms with van der Waals surface area (Å²) in [4.78, 5) is 2.53. The van der Waals surface area contributed by atoms with Gasteiger partial charge in [-0.1, -0.05) is 42.5 Å². The van der Waals surface area contributed by atoms with Gasteiger partial charge in [0.2, 0.25) is 0 Å². The molecule has 0 saturated carbocycles. The van der Waals surface area contributed by atoms with Gasteiger partial charge in [-0.2, -0.15) is 0 Å². The predicted octanol–water partition coefficient (Wildman–Crippen LogP) is 5.40. The maximum atomic E-state index is 2.53. The van der Waals surface area contributed by atoms with Crippen molar-refractivity contribution in [2.45, 2.75) is 12.5 Å². The molecule has 2 aromatic carbocycles. The van der Waals surface area contributed by atoms with Gasteiger partial charge < -0.3 is 9.47 Å². The van der Waals surface area contributed by atoms with Crippen LogP contribution in [0.5, 0.6) is 0 Å². The van der Waals surface area contributed by atoms with Crippen LogP contribution in [0.1, 0.15) is 23.7 Å². The quantitative estimate of drug-likeness (QED) is 0.540. The molecule has 3 aliphatic rings. The van der Waals surface area contributed by atoms with Crippen molar-refractivity contribution in [3.63, 3.8) is 0 Å². The van der Waals surface area contributed by atoms with Gasteiger partial charge in [0.15, 0.2) is 0 Å². The van der Waals surface area contributed by atoms with E-state index in [0.717, 1.165) is 6.42 Å². The van der Waals surface area contributed by atoms with E-state index < -0.39 is 0 Å². The number of benzene rings is 2. The van der Waals surface area contributed by atoms with Gasteiger partial charge in [0, 0.05) is 23.1 Å². The Morgan fingerprint density at radius 1 is 0.792 bits per heavy atom. The molecule has 1 atom stereocenters. The smallest absolute Gasteiger partial charge is 0.0971 e. The number of hydrogen-bond acceptors (Lipinski definition) is 1. The molecule has 1 aromatic heterocycles. The van der Waals surface area contributed by atoms with Crippen LogP contribution in [0.15, 0.2) is 84.6 Å². The van der Waals surface area contributed by atoms with Crippen LogP contribution in [-0.2, 0) is 0 Å². The van der Waals surface area contributed by atoms with Crippen LogP contribution in [0.25, 0.3) is 11.3 Å². The van der Waals surface area contributed by atoms with Gasteiger partial charge in [0.25, 0.3) is 0 Å². The first-order valence-electron chi connectivity index (χ1n) is 8.48. The van der Waals surface area contributed by atoms with Crippen molar-refractivity contribution in [2.24, 2.45) is 0 Å². The van der Waals surface area contributed by atoms with E-state index in [9.17, 15) is 0 Å². The van der Waals surface area contributed by atoms with Crippen LogP contribution in [-0.4, -0.2) is 4.57 Å². The van der Waals surface area contributed by atoms with Crippen LogP contribution in [0.3, 0.4) is 0 Å². The van der Waals surface area contributed by atoms with Gasteiger partial charge in [-0.15, -0.1) is 0 Å². The highest BCUT2D eigenvalue weighted by molar-refractivity contribution is 5.94. The van der Waals surface area contributed by atoms with Crippen molar-refractivity contribution in [3.05, 3.63) is 95.8 Å². The molecule has 1 unspecified atom stereocenters. The van der Waals surface area contributed by atoms with E-state index in [2.05, 4.69) is 88.5 Å². The lowest BCUT2D eigenvalue weighted by Gasteiger charge is -2.44. The van der Waals surface area contributed by atoms with E-state index >= 15 is 0 Å². The Hall–Kier alpha value is -3.00. The number of rotatable bonds is 0. The number of fused-ring (bicyclic) bond motifs is 10. The third kappa shape index (κ3) is 1.37. The van der Waals surface area contributed by atoms with E-state index in [1.54, 1.807) is 0 Å². The molecule has 0 amide bonds. The van der Waals surface area contributed by atoms with E-state index in [0.29, 0.717) is 0 Å². The minimum atomic E-state index is 0.287. The molecule has 0 radical (unpaired) electrons. The second-order valence-corrected chi connectivity index (χ2v) is 6.63. The highest BCUT2D eigenvalue weighted by atomic mass is 15.2. The number of hydrogen-bond donors (Lipinski definition) is 0. The maximum absolute atomic E-state index is 2.53. The number of anilines is 2. The molecule has 24 heavy (non-hydrogen) atoms. The van der Waals surface area contributed by atoms with Crippen molar-refractivity contribution in [2.75, 3.05) is 4.90 Å². The molecule has 2 nitrogen and oxygen atoms in total. The third-order valence-electron chi connectivity index (χ3n) is 5.47. The average Bonchev–Trinajstić information content (AvgIpc) is 3.31. The number of nitrogens with zero attached hydrogens (tertiary/aromatic N) is 2. The molecule has 2 heteroatoms. The zero-order chi connectivity index (χ0) is 15.7. The Morgan fingerprint density at radius 2 is 1.58 bits per heavy atom. The fourth-order valence-electron chi connectivity index (χ4n) is 4.54. The Morgan fingerprint density at radius 3 is 2.50 bits per heavy atom. The SMILES string of the molecule is C1=CC2=C(C1)C1c3cccn3-c3ccccc3N1c1ccccc12. The second-order valence-electron chi connectivity index (χ2n) is 6.63. The first-order chi connectivity index (χ1) is 11.9. The summed E-state index contributed by atoms with van der Waals surface area (Å²) >= 11 is 0. The zero-order valence-corrected chi connectivity index (χ0v) is 13.2. The van der Waals surface area contributed by atoms with Crippen molar-refractivity contribution in [3.8, 4) is 5.69 Å². The molecule has 114 valence electrons. The molecule has 0 spiro atoms. The highest BCUT2D eigenvalue weighted by Gasteiger charge is 2.40. The lowest BCUT2D eigenvalue weighted by atomic mass is 9.86. The average molecular weight is 308 g/mol. The summed E-state index contributed by atoms with van der Waals surface area (Å²) in [5.74, 6) is 0. The molecule has 0 N–H and O–H groups in total. The standard InChI is InChI=1S/C22H16N2/c1-2-10-18-16(7-1)15-8-5-9-17(15)22-21-13-6-14-23(21)19-11-3-4-12-20(19)24(18)22/h1-8,10-14,22H,9H2. The van der Waals surface area contributed by atoms with Gasteiger partial charge in [-0.25, -0.2) is 0 Å². The van der Waals surface area contributed by atoms with E-state index in [1.165, 1.54) is 39.5 Å². The minimum Gasteiger partial charge on any atom is -0.326 e. The molecule has 0 fully saturated rings. The summed E-state index contributed by atoms with van der Waals surface area (Å²) in [6, 6.07) is 22.3. The zero-order valence-electron chi connectivity index (χ0n) is 13.2. The highest BCUT2D eigenvalue weighted by Crippen LogP contribution is 2.55. The molecule has 0 saturated heterocycles. The Labute approximate surface area is 141 Å². The van der Waals surface area contributed by atoms with Crippen molar-refractivity contribution in [1.82, 2.24) is 4.57 Å². The molecule has 3 aromatic rings. The summed E-state index contributed by atoms with van der Waals surface area (Å²) in [6.07, 6.45) is 7.84. The van der Waals surface area contributed by atoms with Gasteiger partial charge in [0.1, 0.15) is 0 Å². The summed E-state index contributed by atoms with van der Waals surface area (Å²) in [5.41, 5.74) is 9.51. The Kier molecular flexibility index (Phi) is 2.22. The molecule has 2 aliphatic heterocycles. The third-order valence-corrected chi connectivity index (χ3v) is 5.47. The van der Waals surface area contributed by atoms with Crippen LogP contribution in [0, 0.1) is 0 Å². The lowest BCUT2D eigenvalue weighted by molar-refractivity contribution is 0.702. The molecule has 6 rings (SSSR count). The fraction of sp³-hybridized carbons (Fsp3) is 0.0909. The predicted molar refractivity (Wildman–Crippen MR) is 97.8 cm³/mol. The van der Waals surface area contributed by atoms with Gasteiger partial charge >= 0.3 is 0 Å². The fourth-order valence-corrected chi connectivity index (χ4v) is 4.54. The van der Waals surface area contributed by atoms with Crippen molar-refractivity contribution >= 4 is 16.9 Å². The maximum Gasteiger partial charge on any atom is 0.0971 e.